The minimum Gasteiger partial charge on any atom is -0.497 e. The van der Waals surface area contributed by atoms with Crippen LogP contribution in [-0.2, 0) is 9.53 Å². The second-order valence-corrected chi connectivity index (χ2v) is 5.30. The molecule has 4 nitrogen and oxygen atoms in total. The number of benzene rings is 2. The number of hydrogen-bond donors (Lipinski definition) is 1. The minimum absolute atomic E-state index is 0.163. The van der Waals surface area contributed by atoms with Gasteiger partial charge in [0.2, 0.25) is 0 Å². The Kier molecular flexibility index (Phi) is 6.03. The van der Waals surface area contributed by atoms with Gasteiger partial charge in [0.05, 0.1) is 25.7 Å². The Bertz CT molecular complexity index is 610. The highest BCUT2D eigenvalue weighted by molar-refractivity contribution is 5.74. The van der Waals surface area contributed by atoms with Gasteiger partial charge in [-0.1, -0.05) is 30.3 Å². The molecule has 0 aliphatic rings. The third-order valence-corrected chi connectivity index (χ3v) is 3.73. The topological polar surface area (TPSA) is 47.6 Å². The van der Waals surface area contributed by atoms with Crippen molar-refractivity contribution in [2.45, 2.75) is 19.9 Å². The zero-order chi connectivity index (χ0) is 16.7. The Labute approximate surface area is 137 Å². The molecule has 2 atom stereocenters. The lowest BCUT2D eigenvalue weighted by Crippen LogP contribution is -2.27. The van der Waals surface area contributed by atoms with Crippen molar-refractivity contribution in [2.24, 2.45) is 5.92 Å². The van der Waals surface area contributed by atoms with Crippen LogP contribution in [-0.4, -0.2) is 19.7 Å². The number of carbonyl (C=O) groups is 1. The molecule has 4 heteroatoms. The van der Waals surface area contributed by atoms with Gasteiger partial charge in [-0.3, -0.25) is 4.79 Å². The summed E-state index contributed by atoms with van der Waals surface area (Å²) in [6.07, 6.45) is 0. The second-order valence-electron chi connectivity index (χ2n) is 5.30. The molecule has 1 N–H and O–H groups in total. The first-order valence-electron chi connectivity index (χ1n) is 7.78. The van der Waals surface area contributed by atoms with Crippen LogP contribution in [0.4, 0.5) is 5.69 Å². The van der Waals surface area contributed by atoms with Crippen LogP contribution in [0.15, 0.2) is 54.6 Å². The van der Waals surface area contributed by atoms with Crippen LogP contribution in [0.1, 0.15) is 25.5 Å². The SMILES string of the molecule is CCOC(=O)[C@H](C)[C@H](Nc1ccc(OC)cc1)c1ccccc1. The fourth-order valence-corrected chi connectivity index (χ4v) is 2.43. The van der Waals surface area contributed by atoms with Crippen LogP contribution in [0.3, 0.4) is 0 Å². The maximum absolute atomic E-state index is 12.2. The van der Waals surface area contributed by atoms with E-state index in [-0.39, 0.29) is 17.9 Å². The highest BCUT2D eigenvalue weighted by atomic mass is 16.5. The number of methoxy groups -OCH3 is 1. The van der Waals surface area contributed by atoms with E-state index in [1.807, 2.05) is 68.4 Å². The summed E-state index contributed by atoms with van der Waals surface area (Å²) in [6.45, 7) is 4.08. The molecule has 0 saturated carbocycles. The Morgan fingerprint density at radius 3 is 2.30 bits per heavy atom. The van der Waals surface area contributed by atoms with Gasteiger partial charge in [-0.2, -0.15) is 0 Å². The van der Waals surface area contributed by atoms with Gasteiger partial charge in [0.25, 0.3) is 0 Å². The smallest absolute Gasteiger partial charge is 0.311 e. The Morgan fingerprint density at radius 1 is 1.09 bits per heavy atom. The predicted octanol–water partition coefficient (Wildman–Crippen LogP) is 4.05. The van der Waals surface area contributed by atoms with Crippen LogP contribution < -0.4 is 10.1 Å². The third kappa shape index (κ3) is 4.49. The van der Waals surface area contributed by atoms with Gasteiger partial charge in [0.15, 0.2) is 0 Å². The van der Waals surface area contributed by atoms with Crippen molar-refractivity contribution in [3.05, 3.63) is 60.2 Å². The van der Waals surface area contributed by atoms with Crippen molar-refractivity contribution in [3.8, 4) is 5.75 Å². The molecule has 2 aromatic rings. The number of rotatable bonds is 7. The van der Waals surface area contributed by atoms with Crippen LogP contribution in [0.2, 0.25) is 0 Å². The van der Waals surface area contributed by atoms with E-state index in [4.69, 9.17) is 9.47 Å². The lowest BCUT2D eigenvalue weighted by atomic mass is 9.94. The Hall–Kier alpha value is -2.49. The zero-order valence-electron chi connectivity index (χ0n) is 13.8. The number of ether oxygens (including phenoxy) is 2. The second kappa shape index (κ2) is 8.22. The highest BCUT2D eigenvalue weighted by Crippen LogP contribution is 2.28. The van der Waals surface area contributed by atoms with E-state index in [1.165, 1.54) is 0 Å². The number of carbonyl (C=O) groups excluding carboxylic acids is 1. The molecule has 0 bridgehead atoms. The summed E-state index contributed by atoms with van der Waals surface area (Å²) < 4.78 is 10.4. The number of esters is 1. The van der Waals surface area contributed by atoms with Gasteiger partial charge in [-0.25, -0.2) is 0 Å². The van der Waals surface area contributed by atoms with E-state index < -0.39 is 0 Å². The largest absolute Gasteiger partial charge is 0.497 e. The summed E-state index contributed by atoms with van der Waals surface area (Å²) >= 11 is 0. The molecule has 0 aliphatic heterocycles. The maximum atomic E-state index is 12.2. The molecule has 122 valence electrons. The molecule has 2 rings (SSSR count). The molecule has 0 aromatic heterocycles. The van der Waals surface area contributed by atoms with Gasteiger partial charge < -0.3 is 14.8 Å². The summed E-state index contributed by atoms with van der Waals surface area (Å²) in [6, 6.07) is 17.4. The van der Waals surface area contributed by atoms with Crippen LogP contribution >= 0.6 is 0 Å². The lowest BCUT2D eigenvalue weighted by molar-refractivity contribution is -0.147. The van der Waals surface area contributed by atoms with Crippen molar-refractivity contribution in [1.82, 2.24) is 0 Å². The predicted molar refractivity (Wildman–Crippen MR) is 91.6 cm³/mol. The first-order valence-corrected chi connectivity index (χ1v) is 7.78. The average Bonchev–Trinajstić information content (AvgIpc) is 2.60. The van der Waals surface area contributed by atoms with Crippen LogP contribution in [0, 0.1) is 5.92 Å². The maximum Gasteiger partial charge on any atom is 0.311 e. The van der Waals surface area contributed by atoms with E-state index in [2.05, 4.69) is 5.32 Å². The molecule has 0 spiro atoms. The molecule has 0 aliphatic carbocycles. The van der Waals surface area contributed by atoms with Crippen molar-refractivity contribution in [3.63, 3.8) is 0 Å². The van der Waals surface area contributed by atoms with Gasteiger partial charge in [-0.05, 0) is 43.7 Å². The van der Waals surface area contributed by atoms with Gasteiger partial charge >= 0.3 is 5.97 Å². The van der Waals surface area contributed by atoms with Crippen LogP contribution in [0.5, 0.6) is 5.75 Å². The van der Waals surface area contributed by atoms with Gasteiger partial charge in [0, 0.05) is 5.69 Å². The molecule has 23 heavy (non-hydrogen) atoms. The van der Waals surface area contributed by atoms with E-state index >= 15 is 0 Å². The molecule has 2 aromatic carbocycles. The normalized spacial score (nSPS) is 13.0. The molecule has 0 unspecified atom stereocenters. The molecular formula is C19H23NO3. The summed E-state index contributed by atoms with van der Waals surface area (Å²) in [5.41, 5.74) is 1.97. The van der Waals surface area contributed by atoms with Crippen LogP contribution in [0.25, 0.3) is 0 Å². The van der Waals surface area contributed by atoms with Crippen molar-refractivity contribution in [2.75, 3.05) is 19.0 Å². The Balaban J connectivity index is 2.24. The first-order chi connectivity index (χ1) is 11.2. The zero-order valence-corrected chi connectivity index (χ0v) is 13.8. The summed E-state index contributed by atoms with van der Waals surface area (Å²) in [5, 5.41) is 3.43. The van der Waals surface area contributed by atoms with Crippen molar-refractivity contribution in [1.29, 1.82) is 0 Å². The van der Waals surface area contributed by atoms with Crippen molar-refractivity contribution >= 4 is 11.7 Å². The molecule has 0 fully saturated rings. The van der Waals surface area contributed by atoms with E-state index in [1.54, 1.807) is 7.11 Å². The monoisotopic (exact) mass is 313 g/mol. The molecule has 0 amide bonds. The van der Waals surface area contributed by atoms with Gasteiger partial charge in [-0.15, -0.1) is 0 Å². The van der Waals surface area contributed by atoms with Gasteiger partial charge in [0.1, 0.15) is 5.75 Å². The first kappa shape index (κ1) is 16.9. The molecular weight excluding hydrogens is 290 g/mol. The summed E-state index contributed by atoms with van der Waals surface area (Å²) in [5.74, 6) is 0.284. The lowest BCUT2D eigenvalue weighted by Gasteiger charge is -2.25. The fourth-order valence-electron chi connectivity index (χ4n) is 2.43. The fraction of sp³-hybridized carbons (Fsp3) is 0.316. The van der Waals surface area contributed by atoms with E-state index in [0.717, 1.165) is 17.0 Å². The number of hydrogen-bond acceptors (Lipinski definition) is 4. The molecule has 0 saturated heterocycles. The number of anilines is 1. The minimum atomic E-state index is -0.306. The summed E-state index contributed by atoms with van der Waals surface area (Å²) in [4.78, 5) is 12.2. The number of nitrogens with one attached hydrogen (secondary N) is 1. The van der Waals surface area contributed by atoms with E-state index in [0.29, 0.717) is 6.61 Å². The Morgan fingerprint density at radius 2 is 1.74 bits per heavy atom. The quantitative estimate of drug-likeness (QED) is 0.784. The third-order valence-electron chi connectivity index (χ3n) is 3.73. The summed E-state index contributed by atoms with van der Waals surface area (Å²) in [7, 11) is 1.64. The molecule has 0 heterocycles. The molecule has 0 radical (unpaired) electrons. The average molecular weight is 313 g/mol. The highest BCUT2D eigenvalue weighted by Gasteiger charge is 2.26. The van der Waals surface area contributed by atoms with Crippen molar-refractivity contribution < 1.29 is 14.3 Å². The van der Waals surface area contributed by atoms with E-state index in [9.17, 15) is 4.79 Å². The standard InChI is InChI=1S/C19H23NO3/c1-4-23-19(21)14(2)18(15-8-6-5-7-9-15)20-16-10-12-17(22-3)13-11-16/h5-14,18,20H,4H2,1-3H3/t14-,18+/m1/s1.